The lowest BCUT2D eigenvalue weighted by atomic mass is 10.0. The predicted octanol–water partition coefficient (Wildman–Crippen LogP) is 3.43. The lowest BCUT2D eigenvalue weighted by molar-refractivity contribution is -0.120. The number of hydrogen-bond donors (Lipinski definition) is 1. The van der Waals surface area contributed by atoms with E-state index in [0.717, 1.165) is 16.8 Å². The smallest absolute Gasteiger partial charge is 0.224 e. The van der Waals surface area contributed by atoms with Gasteiger partial charge in [0.15, 0.2) is 0 Å². The Morgan fingerprint density at radius 1 is 1.15 bits per heavy atom. The van der Waals surface area contributed by atoms with Crippen molar-refractivity contribution in [1.29, 1.82) is 0 Å². The predicted molar refractivity (Wildman–Crippen MR) is 101 cm³/mol. The molecule has 0 aliphatic rings. The normalized spacial score (nSPS) is 12.0. The maximum Gasteiger partial charge on any atom is 0.224 e. The minimum atomic E-state index is -0.0600. The molecule has 134 valence electrons. The van der Waals surface area contributed by atoms with E-state index in [2.05, 4.69) is 20.8 Å². The first kappa shape index (κ1) is 18.4. The molecule has 2 aromatic carbocycles. The molecule has 1 amide bonds. The molecule has 1 heterocycles. The van der Waals surface area contributed by atoms with Crippen molar-refractivity contribution in [2.45, 2.75) is 19.3 Å². The number of carbonyl (C=O) groups is 1. The fraction of sp³-hybridized carbons (Fsp3) is 0.222. The largest absolute Gasteiger partial charge is 0.355 e. The van der Waals surface area contributed by atoms with Gasteiger partial charge in [0.1, 0.15) is 6.33 Å². The Kier molecular flexibility index (Phi) is 5.85. The second kappa shape index (κ2) is 8.29. The van der Waals surface area contributed by atoms with Crippen LogP contribution < -0.4 is 5.32 Å². The van der Waals surface area contributed by atoms with Gasteiger partial charge >= 0.3 is 0 Å². The molecule has 8 heteroatoms. The zero-order valence-corrected chi connectivity index (χ0v) is 15.6. The molecular weight excluding hydrogens is 373 g/mol. The van der Waals surface area contributed by atoms with Crippen molar-refractivity contribution in [3.63, 3.8) is 0 Å². The Morgan fingerprint density at radius 3 is 2.46 bits per heavy atom. The van der Waals surface area contributed by atoms with Gasteiger partial charge in [-0.15, -0.1) is 5.10 Å². The molecule has 0 spiro atoms. The molecule has 26 heavy (non-hydrogen) atoms. The van der Waals surface area contributed by atoms with Crippen molar-refractivity contribution in [3.05, 3.63) is 70.0 Å². The summed E-state index contributed by atoms with van der Waals surface area (Å²) in [6, 6.07) is 12.9. The summed E-state index contributed by atoms with van der Waals surface area (Å²) >= 11 is 12.4. The first-order valence-electron chi connectivity index (χ1n) is 8.07. The Labute approximate surface area is 161 Å². The van der Waals surface area contributed by atoms with E-state index in [4.69, 9.17) is 23.2 Å². The van der Waals surface area contributed by atoms with Gasteiger partial charge in [0.2, 0.25) is 5.91 Å². The van der Waals surface area contributed by atoms with Gasteiger partial charge in [-0.3, -0.25) is 4.79 Å². The van der Waals surface area contributed by atoms with Gasteiger partial charge in [-0.05, 0) is 45.8 Å². The fourth-order valence-corrected chi connectivity index (χ4v) is 3.41. The number of amides is 1. The molecule has 3 rings (SSSR count). The van der Waals surface area contributed by atoms with E-state index in [0.29, 0.717) is 23.0 Å². The maximum absolute atomic E-state index is 12.2. The van der Waals surface area contributed by atoms with Crippen molar-refractivity contribution in [1.82, 2.24) is 25.5 Å². The Balaban J connectivity index is 1.56. The average Bonchev–Trinajstić information content (AvgIpc) is 3.15. The van der Waals surface area contributed by atoms with Crippen LogP contribution in [0, 0.1) is 0 Å². The highest BCUT2D eigenvalue weighted by molar-refractivity contribution is 6.36. The number of nitrogens with zero attached hydrogens (tertiary/aromatic N) is 4. The number of nitrogens with one attached hydrogen (secondary N) is 1. The summed E-state index contributed by atoms with van der Waals surface area (Å²) in [7, 11) is 0. The molecule has 0 fully saturated rings. The van der Waals surface area contributed by atoms with Crippen LogP contribution in [-0.4, -0.2) is 32.7 Å². The van der Waals surface area contributed by atoms with Gasteiger partial charge in [0, 0.05) is 22.5 Å². The minimum Gasteiger partial charge on any atom is -0.355 e. The molecule has 1 N–H and O–H groups in total. The van der Waals surface area contributed by atoms with E-state index in [9.17, 15) is 4.79 Å². The third kappa shape index (κ3) is 4.39. The van der Waals surface area contributed by atoms with Crippen LogP contribution >= 0.6 is 23.2 Å². The molecule has 1 aromatic heterocycles. The Bertz CT molecular complexity index is 861. The molecule has 0 aliphatic heterocycles. The van der Waals surface area contributed by atoms with Crippen LogP contribution in [0.4, 0.5) is 0 Å². The lowest BCUT2D eigenvalue weighted by Gasteiger charge is -2.16. The quantitative estimate of drug-likeness (QED) is 0.700. The molecule has 6 nitrogen and oxygen atoms in total. The summed E-state index contributed by atoms with van der Waals surface area (Å²) in [5.74, 6) is -0.0439. The van der Waals surface area contributed by atoms with Crippen LogP contribution in [0.3, 0.4) is 0 Å². The molecule has 0 bridgehead atoms. The highest BCUT2D eigenvalue weighted by Crippen LogP contribution is 2.30. The molecule has 1 atom stereocenters. The molecule has 3 aromatic rings. The number of tetrazole rings is 1. The molecular formula is C18H17Cl2N5O. The van der Waals surface area contributed by atoms with E-state index in [1.54, 1.807) is 22.9 Å². The topological polar surface area (TPSA) is 72.7 Å². The summed E-state index contributed by atoms with van der Waals surface area (Å²) in [6.45, 7) is 2.44. The number of hydrogen-bond acceptors (Lipinski definition) is 4. The van der Waals surface area contributed by atoms with Gasteiger partial charge in [-0.1, -0.05) is 48.3 Å². The van der Waals surface area contributed by atoms with Crippen LogP contribution in [0.5, 0.6) is 0 Å². The second-order valence-corrected chi connectivity index (χ2v) is 6.75. The van der Waals surface area contributed by atoms with Gasteiger partial charge < -0.3 is 5.32 Å². The standard InChI is InChI=1S/C18H17Cl2N5O/c1-12(18-15(19)3-2-4-16(18)20)10-21-17(26)9-13-5-7-14(8-6-13)25-11-22-23-24-25/h2-8,11-12H,9-10H2,1H3,(H,21,26). The zero-order valence-electron chi connectivity index (χ0n) is 14.1. The van der Waals surface area contributed by atoms with Crippen molar-refractivity contribution < 1.29 is 4.79 Å². The summed E-state index contributed by atoms with van der Waals surface area (Å²) in [5.41, 5.74) is 2.59. The van der Waals surface area contributed by atoms with Crippen LogP contribution in [0.2, 0.25) is 10.0 Å². The van der Waals surface area contributed by atoms with Crippen molar-refractivity contribution in [3.8, 4) is 5.69 Å². The van der Waals surface area contributed by atoms with E-state index in [1.165, 1.54) is 6.33 Å². The van der Waals surface area contributed by atoms with Gasteiger partial charge in [0.05, 0.1) is 12.1 Å². The second-order valence-electron chi connectivity index (χ2n) is 5.94. The zero-order chi connectivity index (χ0) is 18.5. The minimum absolute atomic E-state index is 0.0161. The number of halogens is 2. The Morgan fingerprint density at radius 2 is 1.85 bits per heavy atom. The number of carbonyl (C=O) groups excluding carboxylic acids is 1. The van der Waals surface area contributed by atoms with E-state index >= 15 is 0 Å². The first-order valence-corrected chi connectivity index (χ1v) is 8.83. The monoisotopic (exact) mass is 389 g/mol. The van der Waals surface area contributed by atoms with Gasteiger partial charge in [-0.2, -0.15) is 0 Å². The molecule has 1 unspecified atom stereocenters. The van der Waals surface area contributed by atoms with Crippen molar-refractivity contribution in [2.24, 2.45) is 0 Å². The highest BCUT2D eigenvalue weighted by Gasteiger charge is 2.14. The van der Waals surface area contributed by atoms with Crippen molar-refractivity contribution >= 4 is 29.1 Å². The molecule has 0 aliphatic carbocycles. The molecule has 0 saturated heterocycles. The van der Waals surface area contributed by atoms with Crippen LogP contribution in [0.25, 0.3) is 5.69 Å². The van der Waals surface area contributed by atoms with E-state index in [-0.39, 0.29) is 11.8 Å². The Hall–Kier alpha value is -2.44. The average molecular weight is 390 g/mol. The summed E-state index contributed by atoms with van der Waals surface area (Å²) in [5, 5.41) is 15.2. The number of benzene rings is 2. The fourth-order valence-electron chi connectivity index (χ4n) is 2.64. The molecule has 0 radical (unpaired) electrons. The SMILES string of the molecule is CC(CNC(=O)Cc1ccc(-n2cnnn2)cc1)c1c(Cl)cccc1Cl. The lowest BCUT2D eigenvalue weighted by Crippen LogP contribution is -2.29. The van der Waals surface area contributed by atoms with Crippen LogP contribution in [0.1, 0.15) is 24.0 Å². The number of rotatable bonds is 6. The van der Waals surface area contributed by atoms with Crippen LogP contribution in [0.15, 0.2) is 48.8 Å². The van der Waals surface area contributed by atoms with Crippen LogP contribution in [-0.2, 0) is 11.2 Å². The summed E-state index contributed by atoms with van der Waals surface area (Å²) in [4.78, 5) is 12.2. The van der Waals surface area contributed by atoms with E-state index < -0.39 is 0 Å². The number of aromatic nitrogens is 4. The summed E-state index contributed by atoms with van der Waals surface area (Å²) < 4.78 is 1.55. The third-order valence-electron chi connectivity index (χ3n) is 4.01. The summed E-state index contributed by atoms with van der Waals surface area (Å²) in [6.07, 6.45) is 1.81. The third-order valence-corrected chi connectivity index (χ3v) is 4.67. The first-order chi connectivity index (χ1) is 12.5. The van der Waals surface area contributed by atoms with Gasteiger partial charge in [0.25, 0.3) is 0 Å². The highest BCUT2D eigenvalue weighted by atomic mass is 35.5. The maximum atomic E-state index is 12.2. The molecule has 0 saturated carbocycles. The van der Waals surface area contributed by atoms with E-state index in [1.807, 2.05) is 31.2 Å². The van der Waals surface area contributed by atoms with Gasteiger partial charge in [-0.25, -0.2) is 4.68 Å². The van der Waals surface area contributed by atoms with Crippen molar-refractivity contribution in [2.75, 3.05) is 6.54 Å².